The van der Waals surface area contributed by atoms with E-state index < -0.39 is 0 Å². The minimum Gasteiger partial charge on any atom is -0.493 e. The zero-order chi connectivity index (χ0) is 17.4. The summed E-state index contributed by atoms with van der Waals surface area (Å²) in [6.07, 6.45) is 0.302. The first-order chi connectivity index (χ1) is 11.6. The molecule has 0 aliphatic heterocycles. The third kappa shape index (κ3) is 5.10. The number of aryl methyl sites for hydroxylation is 1. The molecule has 0 fully saturated rings. The molecule has 1 N–H and O–H groups in total. The van der Waals surface area contributed by atoms with E-state index in [1.165, 1.54) is 5.56 Å². The molecule has 0 spiro atoms. The van der Waals surface area contributed by atoms with Gasteiger partial charge in [0, 0.05) is 17.9 Å². The van der Waals surface area contributed by atoms with Crippen LogP contribution < -0.4 is 10.1 Å². The molecule has 0 bridgehead atoms. The summed E-state index contributed by atoms with van der Waals surface area (Å²) < 4.78 is 11.2. The van der Waals surface area contributed by atoms with Crippen LogP contribution in [0.5, 0.6) is 5.75 Å². The molecule has 128 valence electrons. The fourth-order valence-corrected chi connectivity index (χ4v) is 2.33. The average molecular weight is 327 g/mol. The van der Waals surface area contributed by atoms with Gasteiger partial charge in [-0.2, -0.15) is 0 Å². The zero-order valence-electron chi connectivity index (χ0n) is 14.6. The minimum absolute atomic E-state index is 0.0655. The van der Waals surface area contributed by atoms with Crippen molar-refractivity contribution in [1.82, 2.24) is 0 Å². The normalized spacial score (nSPS) is 10.5. The van der Waals surface area contributed by atoms with Crippen molar-refractivity contribution in [1.29, 1.82) is 0 Å². The van der Waals surface area contributed by atoms with Gasteiger partial charge in [0.05, 0.1) is 19.6 Å². The van der Waals surface area contributed by atoms with Crippen LogP contribution in [-0.4, -0.2) is 19.1 Å². The number of para-hydroxylation sites is 1. The van der Waals surface area contributed by atoms with Crippen molar-refractivity contribution in [2.45, 2.75) is 33.8 Å². The number of carbonyl (C=O) groups excluding carboxylic acids is 1. The third-order valence-electron chi connectivity index (χ3n) is 3.89. The van der Waals surface area contributed by atoms with E-state index in [0.717, 1.165) is 22.6 Å². The molecule has 0 heterocycles. The fraction of sp³-hybridized carbons (Fsp3) is 0.350. The van der Waals surface area contributed by atoms with Crippen LogP contribution in [-0.2, 0) is 16.1 Å². The third-order valence-corrected chi connectivity index (χ3v) is 3.89. The predicted molar refractivity (Wildman–Crippen MR) is 96.4 cm³/mol. The Morgan fingerprint density at radius 1 is 1.08 bits per heavy atom. The van der Waals surface area contributed by atoms with E-state index in [2.05, 4.69) is 5.32 Å². The Morgan fingerprint density at radius 3 is 2.67 bits per heavy atom. The fourth-order valence-electron chi connectivity index (χ4n) is 2.33. The molecule has 2 aromatic carbocycles. The molecule has 2 aromatic rings. The van der Waals surface area contributed by atoms with Gasteiger partial charge in [-0.25, -0.2) is 0 Å². The maximum absolute atomic E-state index is 12.1. The second-order valence-electron chi connectivity index (χ2n) is 5.64. The predicted octanol–water partition coefficient (Wildman–Crippen LogP) is 4.25. The number of hydrogen-bond donors (Lipinski definition) is 1. The molecule has 2 rings (SSSR count). The van der Waals surface area contributed by atoms with Gasteiger partial charge in [0.1, 0.15) is 5.75 Å². The summed E-state index contributed by atoms with van der Waals surface area (Å²) in [7, 11) is 0. The molecule has 0 aromatic heterocycles. The SMILES string of the molecule is CCOCc1ccccc1NC(=O)CCOc1cccc(C)c1C. The summed E-state index contributed by atoms with van der Waals surface area (Å²) in [6.45, 7) is 7.51. The first kappa shape index (κ1) is 18.0. The number of amides is 1. The number of hydrogen-bond acceptors (Lipinski definition) is 3. The lowest BCUT2D eigenvalue weighted by molar-refractivity contribution is -0.116. The molecule has 0 saturated carbocycles. The number of benzene rings is 2. The maximum Gasteiger partial charge on any atom is 0.227 e. The Kier molecular flexibility index (Phi) is 6.82. The van der Waals surface area contributed by atoms with Crippen LogP contribution in [0.4, 0.5) is 5.69 Å². The highest BCUT2D eigenvalue weighted by atomic mass is 16.5. The molecule has 0 radical (unpaired) electrons. The van der Waals surface area contributed by atoms with Crippen LogP contribution in [0.3, 0.4) is 0 Å². The van der Waals surface area contributed by atoms with Crippen LogP contribution >= 0.6 is 0 Å². The molecular weight excluding hydrogens is 302 g/mol. The molecule has 1 amide bonds. The number of ether oxygens (including phenoxy) is 2. The number of nitrogens with one attached hydrogen (secondary N) is 1. The lowest BCUT2D eigenvalue weighted by Gasteiger charge is -2.12. The summed E-state index contributed by atoms with van der Waals surface area (Å²) in [5.41, 5.74) is 4.06. The number of anilines is 1. The molecule has 0 aliphatic rings. The van der Waals surface area contributed by atoms with E-state index in [-0.39, 0.29) is 5.91 Å². The Bertz CT molecular complexity index is 682. The quantitative estimate of drug-likeness (QED) is 0.788. The Morgan fingerprint density at radius 2 is 1.88 bits per heavy atom. The highest BCUT2D eigenvalue weighted by Crippen LogP contribution is 2.21. The lowest BCUT2D eigenvalue weighted by Crippen LogP contribution is -2.16. The largest absolute Gasteiger partial charge is 0.493 e. The monoisotopic (exact) mass is 327 g/mol. The van der Waals surface area contributed by atoms with Crippen molar-refractivity contribution >= 4 is 11.6 Å². The minimum atomic E-state index is -0.0655. The standard InChI is InChI=1S/C20H25NO3/c1-4-23-14-17-9-5-6-10-18(17)21-20(22)12-13-24-19-11-7-8-15(2)16(19)3/h5-11H,4,12-14H2,1-3H3,(H,21,22). The van der Waals surface area contributed by atoms with Crippen LogP contribution in [0, 0.1) is 13.8 Å². The number of rotatable bonds is 8. The topological polar surface area (TPSA) is 47.6 Å². The average Bonchev–Trinajstić information content (AvgIpc) is 2.58. The van der Waals surface area contributed by atoms with Gasteiger partial charge in [-0.1, -0.05) is 30.3 Å². The Balaban J connectivity index is 1.86. The molecule has 4 nitrogen and oxygen atoms in total. The van der Waals surface area contributed by atoms with Crippen molar-refractivity contribution in [3.63, 3.8) is 0 Å². The van der Waals surface area contributed by atoms with Gasteiger partial charge in [0.25, 0.3) is 0 Å². The number of carbonyl (C=O) groups is 1. The van der Waals surface area contributed by atoms with Crippen molar-refractivity contribution in [3.05, 3.63) is 59.2 Å². The molecule has 24 heavy (non-hydrogen) atoms. The zero-order valence-corrected chi connectivity index (χ0v) is 14.6. The summed E-state index contributed by atoms with van der Waals surface area (Å²) in [6, 6.07) is 13.6. The summed E-state index contributed by atoms with van der Waals surface area (Å²) >= 11 is 0. The molecule has 0 atom stereocenters. The first-order valence-corrected chi connectivity index (χ1v) is 8.26. The second-order valence-corrected chi connectivity index (χ2v) is 5.64. The van der Waals surface area contributed by atoms with E-state index in [1.807, 2.05) is 63.2 Å². The van der Waals surface area contributed by atoms with Gasteiger partial charge in [0.2, 0.25) is 5.91 Å². The highest BCUT2D eigenvalue weighted by molar-refractivity contribution is 5.91. The Labute approximate surface area is 143 Å². The van der Waals surface area contributed by atoms with Gasteiger partial charge < -0.3 is 14.8 Å². The second kappa shape index (κ2) is 9.08. The first-order valence-electron chi connectivity index (χ1n) is 8.26. The van der Waals surface area contributed by atoms with Crippen LogP contribution in [0.25, 0.3) is 0 Å². The van der Waals surface area contributed by atoms with Crippen molar-refractivity contribution < 1.29 is 14.3 Å². The van der Waals surface area contributed by atoms with E-state index >= 15 is 0 Å². The van der Waals surface area contributed by atoms with Crippen molar-refractivity contribution in [3.8, 4) is 5.75 Å². The van der Waals surface area contributed by atoms with Crippen LogP contribution in [0.1, 0.15) is 30.0 Å². The highest BCUT2D eigenvalue weighted by Gasteiger charge is 2.08. The summed E-state index contributed by atoms with van der Waals surface area (Å²) in [5.74, 6) is 0.767. The molecule has 0 saturated heterocycles. The van der Waals surface area contributed by atoms with Crippen LogP contribution in [0.15, 0.2) is 42.5 Å². The van der Waals surface area contributed by atoms with E-state index in [4.69, 9.17) is 9.47 Å². The summed E-state index contributed by atoms with van der Waals surface area (Å²) in [5, 5.41) is 2.93. The molecule has 0 unspecified atom stereocenters. The van der Waals surface area contributed by atoms with E-state index in [9.17, 15) is 4.79 Å². The van der Waals surface area contributed by atoms with Gasteiger partial charge in [-0.3, -0.25) is 4.79 Å². The Hall–Kier alpha value is -2.33. The maximum atomic E-state index is 12.1. The van der Waals surface area contributed by atoms with Crippen LogP contribution in [0.2, 0.25) is 0 Å². The van der Waals surface area contributed by atoms with Gasteiger partial charge in [-0.15, -0.1) is 0 Å². The van der Waals surface area contributed by atoms with E-state index in [0.29, 0.717) is 26.2 Å². The van der Waals surface area contributed by atoms with Crippen molar-refractivity contribution in [2.75, 3.05) is 18.5 Å². The van der Waals surface area contributed by atoms with E-state index in [1.54, 1.807) is 0 Å². The van der Waals surface area contributed by atoms with Gasteiger partial charge in [-0.05, 0) is 44.0 Å². The molecular formula is C20H25NO3. The lowest BCUT2D eigenvalue weighted by atomic mass is 10.1. The molecule has 4 heteroatoms. The van der Waals surface area contributed by atoms with Gasteiger partial charge >= 0.3 is 0 Å². The van der Waals surface area contributed by atoms with Crippen molar-refractivity contribution in [2.24, 2.45) is 0 Å². The summed E-state index contributed by atoms with van der Waals surface area (Å²) in [4.78, 5) is 12.1. The smallest absolute Gasteiger partial charge is 0.227 e. The molecule has 0 aliphatic carbocycles. The van der Waals surface area contributed by atoms with Gasteiger partial charge in [0.15, 0.2) is 0 Å².